The predicted molar refractivity (Wildman–Crippen MR) is 84.8 cm³/mol. The Kier molecular flexibility index (Phi) is 2.80. The van der Waals surface area contributed by atoms with Crippen LogP contribution in [0.2, 0.25) is 0 Å². The van der Waals surface area contributed by atoms with E-state index in [1.165, 1.54) is 11.2 Å². The van der Waals surface area contributed by atoms with Crippen LogP contribution in [0.25, 0.3) is 11.2 Å². The van der Waals surface area contributed by atoms with Gasteiger partial charge in [0.2, 0.25) is 0 Å². The first kappa shape index (κ1) is 14.4. The van der Waals surface area contributed by atoms with E-state index in [4.69, 9.17) is 0 Å². The van der Waals surface area contributed by atoms with Crippen molar-refractivity contribution in [2.45, 2.75) is 25.9 Å². The highest BCUT2D eigenvalue weighted by molar-refractivity contribution is 5.85. The number of fused-ring (bicyclic) bond motifs is 2. The van der Waals surface area contributed by atoms with Crippen molar-refractivity contribution in [1.29, 1.82) is 0 Å². The number of nitrogens with zero attached hydrogens (tertiary/aromatic N) is 6. The topological polar surface area (TPSA) is 125 Å². The van der Waals surface area contributed by atoms with Crippen LogP contribution in [0.1, 0.15) is 25.1 Å². The molecule has 4 rings (SSSR count). The number of aromatic amines is 1. The highest BCUT2D eigenvalue weighted by Gasteiger charge is 2.43. The molecule has 10 nitrogen and oxygen atoms in total. The summed E-state index contributed by atoms with van der Waals surface area (Å²) in [5, 5.41) is 19.8. The van der Waals surface area contributed by atoms with Crippen molar-refractivity contribution in [1.82, 2.24) is 34.6 Å². The van der Waals surface area contributed by atoms with Crippen LogP contribution in [0.3, 0.4) is 0 Å². The summed E-state index contributed by atoms with van der Waals surface area (Å²) in [6.07, 6.45) is 2.14. The number of carbonyl (C=O) groups is 1. The van der Waals surface area contributed by atoms with Gasteiger partial charge in [0.1, 0.15) is 6.33 Å². The number of anilines is 2. The van der Waals surface area contributed by atoms with Crippen LogP contribution in [0, 0.1) is 0 Å². The van der Waals surface area contributed by atoms with Gasteiger partial charge in [-0.25, -0.2) is 19.7 Å². The number of aryl methyl sites for hydroxylation is 1. The zero-order valence-corrected chi connectivity index (χ0v) is 13.4. The molecule has 0 unspecified atom stereocenters. The van der Waals surface area contributed by atoms with Gasteiger partial charge in [0.15, 0.2) is 22.8 Å². The van der Waals surface area contributed by atoms with Gasteiger partial charge in [-0.1, -0.05) is 0 Å². The molecule has 3 aromatic rings. The fourth-order valence-corrected chi connectivity index (χ4v) is 3.08. The van der Waals surface area contributed by atoms with Crippen molar-refractivity contribution in [3.8, 4) is 0 Å². The Hall–Kier alpha value is -3.17. The molecule has 0 spiro atoms. The number of aromatic nitrogens is 6. The first-order valence-corrected chi connectivity index (χ1v) is 7.37. The minimum atomic E-state index is -0.968. The Bertz CT molecular complexity index is 957. The van der Waals surface area contributed by atoms with Crippen LogP contribution in [0.15, 0.2) is 12.7 Å². The van der Waals surface area contributed by atoms with Crippen LogP contribution >= 0.6 is 0 Å². The van der Waals surface area contributed by atoms with Gasteiger partial charge in [0, 0.05) is 12.6 Å². The number of imidazole rings is 1. The lowest BCUT2D eigenvalue weighted by molar-refractivity contribution is 0.0978. The van der Waals surface area contributed by atoms with Gasteiger partial charge < -0.3 is 15.0 Å². The molecule has 3 aromatic heterocycles. The first-order valence-electron chi connectivity index (χ1n) is 7.37. The fraction of sp³-hybridized carbons (Fsp3) is 0.357. The molecule has 0 saturated heterocycles. The molecule has 3 N–H and O–H groups in total. The van der Waals surface area contributed by atoms with Gasteiger partial charge in [-0.05, 0) is 13.8 Å². The second kappa shape index (κ2) is 4.66. The third-order valence-corrected chi connectivity index (χ3v) is 4.43. The number of hydrogen-bond donors (Lipinski definition) is 3. The van der Waals surface area contributed by atoms with E-state index in [9.17, 15) is 9.90 Å². The van der Waals surface area contributed by atoms with Gasteiger partial charge in [-0.15, -0.1) is 0 Å². The van der Waals surface area contributed by atoms with Crippen LogP contribution in [-0.4, -0.2) is 45.8 Å². The second-order valence-corrected chi connectivity index (χ2v) is 6.23. The predicted octanol–water partition coefficient (Wildman–Crippen LogP) is 1.56. The van der Waals surface area contributed by atoms with Crippen molar-refractivity contribution in [2.75, 3.05) is 5.32 Å². The van der Waals surface area contributed by atoms with Crippen molar-refractivity contribution >= 4 is 28.9 Å². The highest BCUT2D eigenvalue weighted by Crippen LogP contribution is 2.41. The normalized spacial score (nSPS) is 15.7. The third kappa shape index (κ3) is 1.85. The van der Waals surface area contributed by atoms with Crippen molar-refractivity contribution in [2.24, 2.45) is 7.05 Å². The van der Waals surface area contributed by atoms with E-state index in [1.54, 1.807) is 10.9 Å². The van der Waals surface area contributed by atoms with Gasteiger partial charge >= 0.3 is 6.09 Å². The zero-order chi connectivity index (χ0) is 17.1. The molecule has 0 bridgehead atoms. The molecular weight excluding hydrogens is 312 g/mol. The molecule has 10 heteroatoms. The van der Waals surface area contributed by atoms with Crippen LogP contribution in [0.4, 0.5) is 16.4 Å². The van der Waals surface area contributed by atoms with Gasteiger partial charge in [0.05, 0.1) is 24.1 Å². The SMILES string of the molecule is Cn1cnc2c(Nc3n[nH]c4c3CN(C(=O)O)C4(C)C)ncnc21. The molecule has 1 aliphatic rings. The lowest BCUT2D eigenvalue weighted by Gasteiger charge is -2.28. The van der Waals surface area contributed by atoms with E-state index >= 15 is 0 Å². The van der Waals surface area contributed by atoms with E-state index in [0.29, 0.717) is 22.8 Å². The first-order chi connectivity index (χ1) is 11.4. The van der Waals surface area contributed by atoms with Crippen molar-refractivity contribution < 1.29 is 9.90 Å². The molecule has 0 atom stereocenters. The molecular formula is C14H16N8O2. The summed E-state index contributed by atoms with van der Waals surface area (Å²) in [5.74, 6) is 1.08. The maximum atomic E-state index is 11.5. The summed E-state index contributed by atoms with van der Waals surface area (Å²) in [5.41, 5.74) is 2.25. The molecule has 0 aliphatic carbocycles. The number of nitrogens with one attached hydrogen (secondary N) is 2. The summed E-state index contributed by atoms with van der Waals surface area (Å²) in [6, 6.07) is 0. The van der Waals surface area contributed by atoms with Crippen molar-refractivity contribution in [3.63, 3.8) is 0 Å². The Morgan fingerprint density at radius 2 is 2.12 bits per heavy atom. The summed E-state index contributed by atoms with van der Waals surface area (Å²) < 4.78 is 1.80. The molecule has 1 amide bonds. The van der Waals surface area contributed by atoms with E-state index < -0.39 is 11.6 Å². The quantitative estimate of drug-likeness (QED) is 0.652. The largest absolute Gasteiger partial charge is 0.465 e. The Morgan fingerprint density at radius 3 is 2.88 bits per heavy atom. The monoisotopic (exact) mass is 328 g/mol. The number of hydrogen-bond acceptors (Lipinski definition) is 6. The maximum absolute atomic E-state index is 11.5. The fourth-order valence-electron chi connectivity index (χ4n) is 3.08. The summed E-state index contributed by atoms with van der Waals surface area (Å²) >= 11 is 0. The smallest absolute Gasteiger partial charge is 0.408 e. The van der Waals surface area contributed by atoms with Gasteiger partial charge in [-0.2, -0.15) is 5.10 Å². The average molecular weight is 328 g/mol. The maximum Gasteiger partial charge on any atom is 0.408 e. The number of amides is 1. The Balaban J connectivity index is 1.75. The van der Waals surface area contributed by atoms with Crippen LogP contribution in [0.5, 0.6) is 0 Å². The molecule has 124 valence electrons. The highest BCUT2D eigenvalue weighted by atomic mass is 16.4. The summed E-state index contributed by atoms with van der Waals surface area (Å²) in [4.78, 5) is 25.6. The van der Waals surface area contributed by atoms with Gasteiger partial charge in [-0.3, -0.25) is 10.00 Å². The molecule has 0 fully saturated rings. The lowest BCUT2D eigenvalue weighted by Crippen LogP contribution is -2.39. The van der Waals surface area contributed by atoms with Gasteiger partial charge in [0.25, 0.3) is 0 Å². The summed E-state index contributed by atoms with van der Waals surface area (Å²) in [7, 11) is 1.85. The molecule has 4 heterocycles. The minimum absolute atomic E-state index is 0.257. The summed E-state index contributed by atoms with van der Waals surface area (Å²) in [6.45, 7) is 3.94. The average Bonchev–Trinajstić information content (AvgIpc) is 3.16. The van der Waals surface area contributed by atoms with E-state index in [-0.39, 0.29) is 6.54 Å². The number of carboxylic acid groups (broad SMARTS) is 1. The zero-order valence-electron chi connectivity index (χ0n) is 13.4. The van der Waals surface area contributed by atoms with Crippen LogP contribution < -0.4 is 5.32 Å². The molecule has 24 heavy (non-hydrogen) atoms. The third-order valence-electron chi connectivity index (χ3n) is 4.43. The Morgan fingerprint density at radius 1 is 1.33 bits per heavy atom. The van der Waals surface area contributed by atoms with Crippen LogP contribution in [-0.2, 0) is 19.1 Å². The molecule has 1 aliphatic heterocycles. The van der Waals surface area contributed by atoms with Crippen molar-refractivity contribution in [3.05, 3.63) is 23.9 Å². The standard InChI is InChI=1S/C14H16N8O2/c1-14(2)9-7(4-22(14)13(23)24)10(20-19-9)18-11-8-12(16-5-15-11)21(3)6-17-8/h5-6H,4H2,1-3H3,(H,23,24)(H2,15,16,18,19,20). The van der Waals surface area contributed by atoms with E-state index in [1.807, 2.05) is 20.9 Å². The number of H-pyrrole nitrogens is 1. The minimum Gasteiger partial charge on any atom is -0.465 e. The molecule has 0 radical (unpaired) electrons. The van der Waals surface area contributed by atoms with E-state index in [2.05, 4.69) is 30.5 Å². The molecule has 0 saturated carbocycles. The molecule has 0 aromatic carbocycles. The van der Waals surface area contributed by atoms with E-state index in [0.717, 1.165) is 11.3 Å². The Labute approximate surface area is 136 Å². The lowest BCUT2D eigenvalue weighted by atomic mass is 10.0. The second-order valence-electron chi connectivity index (χ2n) is 6.23. The number of rotatable bonds is 2.